The zero-order valence-corrected chi connectivity index (χ0v) is 14.1. The van der Waals surface area contributed by atoms with E-state index in [1.54, 1.807) is 0 Å². The van der Waals surface area contributed by atoms with Crippen LogP contribution in [0.1, 0.15) is 27.7 Å². The number of aryl methyl sites for hydroxylation is 1. The summed E-state index contributed by atoms with van der Waals surface area (Å²) < 4.78 is 15.5. The molecule has 0 unspecified atom stereocenters. The van der Waals surface area contributed by atoms with Crippen LogP contribution in [-0.2, 0) is 16.4 Å². The third kappa shape index (κ3) is 2.03. The Morgan fingerprint density at radius 1 is 1.05 bits per heavy atom. The van der Waals surface area contributed by atoms with E-state index in [4.69, 9.17) is 9.31 Å². The normalized spacial score (nSPS) is 20.8. The summed E-state index contributed by atoms with van der Waals surface area (Å²) in [7, 11) is 1.73. The highest BCUT2D eigenvalue weighted by Gasteiger charge is 2.52. The van der Waals surface area contributed by atoms with Crippen molar-refractivity contribution < 1.29 is 9.31 Å². The van der Waals surface area contributed by atoms with Crippen LogP contribution < -0.4 is 5.59 Å². The van der Waals surface area contributed by atoms with Crippen LogP contribution in [0.15, 0.2) is 28.7 Å². The van der Waals surface area contributed by atoms with Crippen LogP contribution >= 0.6 is 15.9 Å². The van der Waals surface area contributed by atoms with Gasteiger partial charge in [-0.2, -0.15) is 0 Å². The molecule has 20 heavy (non-hydrogen) atoms. The molecule has 0 N–H and O–H groups in total. The average Bonchev–Trinajstić information content (AvgIpc) is 2.74. The summed E-state index contributed by atoms with van der Waals surface area (Å²) in [6, 6.07) is 8.41. The maximum Gasteiger partial charge on any atom is 0.512 e. The van der Waals surface area contributed by atoms with Gasteiger partial charge in [0.1, 0.15) is 0 Å². The van der Waals surface area contributed by atoms with Gasteiger partial charge >= 0.3 is 7.12 Å². The van der Waals surface area contributed by atoms with E-state index in [0.29, 0.717) is 0 Å². The fourth-order valence-corrected chi connectivity index (χ4v) is 2.91. The van der Waals surface area contributed by atoms with Gasteiger partial charge in [-0.15, -0.1) is 0 Å². The molecule has 0 aliphatic carbocycles. The molecule has 2 aromatic rings. The molecule has 0 amide bonds. The largest absolute Gasteiger partial charge is 0.512 e. The molecule has 0 spiro atoms. The molecule has 1 aliphatic heterocycles. The summed E-state index contributed by atoms with van der Waals surface area (Å²) in [4.78, 5) is 0. The number of fused-ring (bicyclic) bond motifs is 1. The van der Waals surface area contributed by atoms with Crippen LogP contribution in [0.25, 0.3) is 10.9 Å². The standard InChI is InChI=1S/C15H19BBrNO2/c1-14(2)15(3,4)20-16(19-14)13-9-10-8-11(17)6-7-12(10)18(13)5/h6-9H,1-5H3. The van der Waals surface area contributed by atoms with Crippen molar-refractivity contribution in [2.75, 3.05) is 0 Å². The summed E-state index contributed by atoms with van der Waals surface area (Å²) in [5.74, 6) is 0. The minimum atomic E-state index is -0.323. The van der Waals surface area contributed by atoms with Gasteiger partial charge in [0.15, 0.2) is 0 Å². The molecule has 0 saturated carbocycles. The molecule has 106 valence electrons. The molecule has 2 heterocycles. The van der Waals surface area contributed by atoms with E-state index in [0.717, 1.165) is 10.1 Å². The molecule has 1 aromatic heterocycles. The van der Waals surface area contributed by atoms with Gasteiger partial charge in [0.25, 0.3) is 0 Å². The van der Waals surface area contributed by atoms with Gasteiger partial charge in [-0.3, -0.25) is 0 Å². The first-order valence-corrected chi connectivity index (χ1v) is 7.61. The van der Waals surface area contributed by atoms with Crippen molar-refractivity contribution in [1.29, 1.82) is 0 Å². The van der Waals surface area contributed by atoms with E-state index < -0.39 is 0 Å². The van der Waals surface area contributed by atoms with Crippen LogP contribution in [0.2, 0.25) is 0 Å². The van der Waals surface area contributed by atoms with Crippen molar-refractivity contribution >= 4 is 39.5 Å². The molecule has 0 atom stereocenters. The van der Waals surface area contributed by atoms with E-state index in [2.05, 4.69) is 79.5 Å². The lowest BCUT2D eigenvalue weighted by atomic mass is 9.84. The zero-order chi connectivity index (χ0) is 14.7. The monoisotopic (exact) mass is 335 g/mol. The Labute approximate surface area is 128 Å². The fraction of sp³-hybridized carbons (Fsp3) is 0.467. The fourth-order valence-electron chi connectivity index (χ4n) is 2.53. The van der Waals surface area contributed by atoms with Crippen molar-refractivity contribution in [2.24, 2.45) is 7.05 Å². The number of benzene rings is 1. The highest BCUT2D eigenvalue weighted by Crippen LogP contribution is 2.36. The summed E-state index contributed by atoms with van der Waals surface area (Å²) in [6.45, 7) is 8.30. The SMILES string of the molecule is Cn1c(B2OC(C)(C)C(C)(C)O2)cc2cc(Br)ccc21. The molecular formula is C15H19BBrNO2. The van der Waals surface area contributed by atoms with Crippen LogP contribution in [0, 0.1) is 0 Å². The molecule has 1 aromatic carbocycles. The van der Waals surface area contributed by atoms with Gasteiger partial charge in [-0.05, 0) is 52.0 Å². The Bertz CT molecular complexity index is 662. The summed E-state index contributed by atoms with van der Waals surface area (Å²) in [6.07, 6.45) is 0. The number of rotatable bonds is 1. The van der Waals surface area contributed by atoms with Crippen LogP contribution in [0.5, 0.6) is 0 Å². The summed E-state index contributed by atoms with van der Waals surface area (Å²) >= 11 is 3.51. The van der Waals surface area contributed by atoms with Gasteiger partial charge in [0.05, 0.1) is 11.2 Å². The average molecular weight is 336 g/mol. The lowest BCUT2D eigenvalue weighted by Crippen LogP contribution is -2.41. The van der Waals surface area contributed by atoms with E-state index in [-0.39, 0.29) is 18.3 Å². The first kappa shape index (κ1) is 14.2. The number of halogens is 1. The Kier molecular flexibility index (Phi) is 3.09. The van der Waals surface area contributed by atoms with Crippen LogP contribution in [0.4, 0.5) is 0 Å². The highest BCUT2D eigenvalue weighted by atomic mass is 79.9. The summed E-state index contributed by atoms with van der Waals surface area (Å²) in [5, 5.41) is 1.19. The third-order valence-corrected chi connectivity index (χ3v) is 5.03. The van der Waals surface area contributed by atoms with E-state index in [9.17, 15) is 0 Å². The third-order valence-electron chi connectivity index (χ3n) is 4.54. The van der Waals surface area contributed by atoms with Gasteiger partial charge in [-0.1, -0.05) is 15.9 Å². The predicted molar refractivity (Wildman–Crippen MR) is 86.3 cm³/mol. The van der Waals surface area contributed by atoms with Crippen molar-refractivity contribution in [2.45, 2.75) is 38.9 Å². The van der Waals surface area contributed by atoms with Gasteiger partial charge in [0, 0.05) is 28.0 Å². The van der Waals surface area contributed by atoms with Gasteiger partial charge in [-0.25, -0.2) is 0 Å². The topological polar surface area (TPSA) is 23.4 Å². The second-order valence-electron chi connectivity index (χ2n) is 6.42. The lowest BCUT2D eigenvalue weighted by molar-refractivity contribution is 0.00578. The molecule has 1 saturated heterocycles. The van der Waals surface area contributed by atoms with Gasteiger partial charge in [0.2, 0.25) is 0 Å². The van der Waals surface area contributed by atoms with Crippen molar-refractivity contribution in [1.82, 2.24) is 4.57 Å². The molecule has 1 aliphatic rings. The molecule has 3 nitrogen and oxygen atoms in total. The zero-order valence-electron chi connectivity index (χ0n) is 12.5. The molecule has 0 bridgehead atoms. The molecular weight excluding hydrogens is 317 g/mol. The quantitative estimate of drug-likeness (QED) is 0.747. The molecule has 1 fully saturated rings. The number of hydrogen-bond acceptors (Lipinski definition) is 2. The Hall–Kier alpha value is -0.775. The maximum atomic E-state index is 6.14. The van der Waals surface area contributed by atoms with E-state index in [1.165, 1.54) is 10.9 Å². The Balaban J connectivity index is 2.06. The highest BCUT2D eigenvalue weighted by molar-refractivity contribution is 9.10. The van der Waals surface area contributed by atoms with Crippen LogP contribution in [-0.4, -0.2) is 22.9 Å². The smallest absolute Gasteiger partial charge is 0.398 e. The minimum absolute atomic E-state index is 0.311. The number of aromatic nitrogens is 1. The maximum absolute atomic E-state index is 6.14. The molecule has 0 radical (unpaired) electrons. The predicted octanol–water partition coefficient (Wildman–Crippen LogP) is 3.24. The Morgan fingerprint density at radius 2 is 1.65 bits per heavy atom. The van der Waals surface area contributed by atoms with Crippen molar-refractivity contribution in [3.8, 4) is 0 Å². The molecule has 3 rings (SSSR count). The molecule has 5 heteroatoms. The summed E-state index contributed by atoms with van der Waals surface area (Å²) in [5.41, 5.74) is 1.61. The minimum Gasteiger partial charge on any atom is -0.398 e. The first-order valence-electron chi connectivity index (χ1n) is 6.82. The Morgan fingerprint density at radius 3 is 2.25 bits per heavy atom. The number of hydrogen-bond donors (Lipinski definition) is 0. The van der Waals surface area contributed by atoms with Gasteiger partial charge < -0.3 is 13.9 Å². The second-order valence-corrected chi connectivity index (χ2v) is 7.34. The van der Waals surface area contributed by atoms with Crippen molar-refractivity contribution in [3.05, 3.63) is 28.7 Å². The number of nitrogens with zero attached hydrogens (tertiary/aromatic N) is 1. The second kappa shape index (κ2) is 4.36. The van der Waals surface area contributed by atoms with Crippen LogP contribution in [0.3, 0.4) is 0 Å². The lowest BCUT2D eigenvalue weighted by Gasteiger charge is -2.32. The van der Waals surface area contributed by atoms with Crippen molar-refractivity contribution in [3.63, 3.8) is 0 Å². The van der Waals surface area contributed by atoms with E-state index >= 15 is 0 Å². The first-order chi connectivity index (χ1) is 9.21. The van der Waals surface area contributed by atoms with E-state index in [1.807, 2.05) is 0 Å².